The number of benzene rings is 1. The fraction of sp³-hybridized carbons (Fsp3) is 0.227. The molecule has 0 aliphatic carbocycles. The Balaban J connectivity index is 1.90. The Labute approximate surface area is 178 Å². The molecule has 158 valence electrons. The SMILES string of the molecule is C=CC(C)(C)[C@@]12C=C(O)C(=O)N3/C(=C/c4cnc[nH]4)C(=O)N[C@]31N(O)c1ccccc12. The number of nitrogens with zero attached hydrogens (tertiary/aromatic N) is 3. The second kappa shape index (κ2) is 5.86. The van der Waals surface area contributed by atoms with E-state index in [1.54, 1.807) is 30.3 Å². The van der Waals surface area contributed by atoms with Gasteiger partial charge in [-0.15, -0.1) is 6.58 Å². The first-order valence-electron chi connectivity index (χ1n) is 9.72. The highest BCUT2D eigenvalue weighted by atomic mass is 16.5. The van der Waals surface area contributed by atoms with Gasteiger partial charge in [0, 0.05) is 5.41 Å². The number of aromatic nitrogens is 2. The molecule has 1 saturated heterocycles. The van der Waals surface area contributed by atoms with Gasteiger partial charge in [-0.1, -0.05) is 38.1 Å². The molecule has 0 saturated carbocycles. The van der Waals surface area contributed by atoms with Gasteiger partial charge in [0.05, 0.1) is 29.3 Å². The zero-order valence-corrected chi connectivity index (χ0v) is 17.0. The third kappa shape index (κ3) is 2.01. The van der Waals surface area contributed by atoms with Crippen LogP contribution in [-0.4, -0.2) is 42.8 Å². The Morgan fingerprint density at radius 2 is 2.00 bits per heavy atom. The van der Waals surface area contributed by atoms with Gasteiger partial charge in [-0.3, -0.25) is 19.7 Å². The first-order valence-corrected chi connectivity index (χ1v) is 9.72. The highest BCUT2D eigenvalue weighted by Crippen LogP contribution is 2.64. The average molecular weight is 419 g/mol. The van der Waals surface area contributed by atoms with Gasteiger partial charge in [0.25, 0.3) is 11.8 Å². The summed E-state index contributed by atoms with van der Waals surface area (Å²) in [6.07, 6.45) is 7.50. The number of aliphatic hydroxyl groups excluding tert-OH is 1. The number of hydroxylamine groups is 1. The number of anilines is 1. The lowest BCUT2D eigenvalue weighted by molar-refractivity contribution is -0.143. The van der Waals surface area contributed by atoms with E-state index in [2.05, 4.69) is 21.9 Å². The molecular formula is C22H21N5O4. The lowest BCUT2D eigenvalue weighted by Crippen LogP contribution is -2.76. The number of H-pyrrole nitrogens is 1. The molecule has 2 amide bonds. The zero-order valence-electron chi connectivity index (χ0n) is 17.0. The van der Waals surface area contributed by atoms with Crippen LogP contribution < -0.4 is 10.4 Å². The monoisotopic (exact) mass is 419 g/mol. The molecule has 2 atom stereocenters. The summed E-state index contributed by atoms with van der Waals surface area (Å²) >= 11 is 0. The van der Waals surface area contributed by atoms with Crippen LogP contribution in [0.1, 0.15) is 25.1 Å². The van der Waals surface area contributed by atoms with Gasteiger partial charge in [0.2, 0.25) is 5.79 Å². The molecule has 3 aliphatic heterocycles. The molecule has 1 spiro atoms. The summed E-state index contributed by atoms with van der Waals surface area (Å²) in [5.74, 6) is -3.67. The molecule has 4 heterocycles. The summed E-state index contributed by atoms with van der Waals surface area (Å²) in [4.78, 5) is 34.4. The van der Waals surface area contributed by atoms with Gasteiger partial charge in [-0.25, -0.2) is 10.0 Å². The molecule has 1 fully saturated rings. The van der Waals surface area contributed by atoms with Crippen LogP contribution in [0.5, 0.6) is 0 Å². The molecule has 0 bridgehead atoms. The largest absolute Gasteiger partial charge is 0.503 e. The van der Waals surface area contributed by atoms with E-state index in [9.17, 15) is 19.9 Å². The smallest absolute Gasteiger partial charge is 0.296 e. The molecule has 0 radical (unpaired) electrons. The van der Waals surface area contributed by atoms with E-state index in [4.69, 9.17) is 0 Å². The van der Waals surface area contributed by atoms with Crippen molar-refractivity contribution in [2.24, 2.45) is 5.41 Å². The number of para-hydroxylation sites is 1. The lowest BCUT2D eigenvalue weighted by atomic mass is 9.57. The normalized spacial score (nSPS) is 28.2. The molecule has 2 aromatic rings. The van der Waals surface area contributed by atoms with Crippen LogP contribution >= 0.6 is 0 Å². The van der Waals surface area contributed by atoms with Crippen molar-refractivity contribution in [2.45, 2.75) is 25.0 Å². The molecule has 3 aliphatic rings. The van der Waals surface area contributed by atoms with Crippen molar-refractivity contribution in [3.8, 4) is 0 Å². The number of amides is 2. The van der Waals surface area contributed by atoms with E-state index >= 15 is 0 Å². The summed E-state index contributed by atoms with van der Waals surface area (Å²) < 4.78 is 0. The number of hydrogen-bond donors (Lipinski definition) is 4. The first-order chi connectivity index (χ1) is 14.7. The quantitative estimate of drug-likeness (QED) is 0.447. The fourth-order valence-corrected chi connectivity index (χ4v) is 5.08. The number of fused-ring (bicyclic) bond motifs is 2. The van der Waals surface area contributed by atoms with Gasteiger partial charge < -0.3 is 15.4 Å². The van der Waals surface area contributed by atoms with Crippen molar-refractivity contribution in [2.75, 3.05) is 5.06 Å². The molecular weight excluding hydrogens is 398 g/mol. The van der Waals surface area contributed by atoms with E-state index in [0.717, 1.165) is 9.96 Å². The van der Waals surface area contributed by atoms with Crippen LogP contribution in [-0.2, 0) is 15.0 Å². The van der Waals surface area contributed by atoms with Gasteiger partial charge >= 0.3 is 0 Å². The molecule has 5 rings (SSSR count). The van der Waals surface area contributed by atoms with Crippen molar-refractivity contribution < 1.29 is 19.9 Å². The summed E-state index contributed by atoms with van der Waals surface area (Å²) in [7, 11) is 0. The highest BCUT2D eigenvalue weighted by molar-refractivity contribution is 6.10. The van der Waals surface area contributed by atoms with Crippen LogP contribution in [0.2, 0.25) is 0 Å². The Morgan fingerprint density at radius 1 is 1.26 bits per heavy atom. The molecule has 1 aromatic carbocycles. The molecule has 4 N–H and O–H groups in total. The lowest BCUT2D eigenvalue weighted by Gasteiger charge is -2.55. The predicted octanol–water partition coefficient (Wildman–Crippen LogP) is 2.18. The Kier molecular flexibility index (Phi) is 3.61. The molecule has 9 nitrogen and oxygen atoms in total. The predicted molar refractivity (Wildman–Crippen MR) is 111 cm³/mol. The number of imidazole rings is 1. The van der Waals surface area contributed by atoms with Crippen LogP contribution in [0.3, 0.4) is 0 Å². The number of hydrogen-bond acceptors (Lipinski definition) is 6. The third-order valence-electron chi connectivity index (χ3n) is 6.61. The number of allylic oxidation sites excluding steroid dienone is 1. The van der Waals surface area contributed by atoms with Crippen molar-refractivity contribution in [3.05, 3.63) is 78.2 Å². The van der Waals surface area contributed by atoms with Crippen molar-refractivity contribution in [1.82, 2.24) is 20.2 Å². The minimum atomic E-state index is -1.75. The number of carbonyl (C=O) groups is 2. The standard InChI is InChI=1S/C22H21N5O4/c1-4-20(2,3)21-10-17(28)19(30)26-16(9-13-11-23-12-24-13)18(29)25-22(21,26)27(31)15-8-6-5-7-14(15)21/h4-12,28,31H,1H2,2-3H3,(H,23,24)(H,25,29)/b16-9+/t21-,22-/m0/s1. The average Bonchev–Trinajstić information content (AvgIpc) is 3.42. The summed E-state index contributed by atoms with van der Waals surface area (Å²) in [6.45, 7) is 7.71. The van der Waals surface area contributed by atoms with Crippen molar-refractivity contribution >= 4 is 23.6 Å². The number of rotatable bonds is 3. The molecule has 1 aromatic heterocycles. The third-order valence-corrected chi connectivity index (χ3v) is 6.61. The summed E-state index contributed by atoms with van der Waals surface area (Å²) in [5.41, 5.74) is -0.601. The Hall–Kier alpha value is -3.85. The fourth-order valence-electron chi connectivity index (χ4n) is 5.08. The van der Waals surface area contributed by atoms with Crippen LogP contribution in [0.25, 0.3) is 6.08 Å². The first kappa shape index (κ1) is 19.1. The Morgan fingerprint density at radius 3 is 2.68 bits per heavy atom. The zero-order chi connectivity index (χ0) is 22.2. The van der Waals surface area contributed by atoms with Crippen LogP contribution in [0, 0.1) is 5.41 Å². The van der Waals surface area contributed by atoms with Crippen molar-refractivity contribution in [3.63, 3.8) is 0 Å². The molecule has 9 heteroatoms. The maximum Gasteiger partial charge on any atom is 0.296 e. The summed E-state index contributed by atoms with van der Waals surface area (Å²) in [6, 6.07) is 7.05. The number of carbonyl (C=O) groups excluding carboxylic acids is 2. The highest BCUT2D eigenvalue weighted by Gasteiger charge is 2.76. The molecule has 0 unspecified atom stereocenters. The van der Waals surface area contributed by atoms with Gasteiger partial charge in [0.15, 0.2) is 5.76 Å². The molecule has 31 heavy (non-hydrogen) atoms. The Bertz CT molecular complexity index is 1200. The minimum absolute atomic E-state index is 0.0370. The van der Waals surface area contributed by atoms with E-state index < -0.39 is 34.2 Å². The maximum atomic E-state index is 13.3. The van der Waals surface area contributed by atoms with Gasteiger partial charge in [-0.2, -0.15) is 0 Å². The van der Waals surface area contributed by atoms with Crippen molar-refractivity contribution in [1.29, 1.82) is 0 Å². The van der Waals surface area contributed by atoms with E-state index in [1.165, 1.54) is 24.7 Å². The number of aliphatic hydroxyl groups is 1. The van der Waals surface area contributed by atoms with Crippen LogP contribution in [0.4, 0.5) is 5.69 Å². The number of aromatic amines is 1. The topological polar surface area (TPSA) is 122 Å². The summed E-state index contributed by atoms with van der Waals surface area (Å²) in [5, 5.41) is 26.0. The van der Waals surface area contributed by atoms with Crippen LogP contribution in [0.15, 0.2) is 67.0 Å². The minimum Gasteiger partial charge on any atom is -0.503 e. The van der Waals surface area contributed by atoms with E-state index in [0.29, 0.717) is 16.9 Å². The number of nitrogens with one attached hydrogen (secondary N) is 2. The van der Waals surface area contributed by atoms with Gasteiger partial charge in [-0.05, 0) is 23.8 Å². The maximum absolute atomic E-state index is 13.3. The van der Waals surface area contributed by atoms with E-state index in [1.807, 2.05) is 13.8 Å². The van der Waals surface area contributed by atoms with Gasteiger partial charge in [0.1, 0.15) is 5.70 Å². The second-order valence-corrected chi connectivity index (χ2v) is 8.40. The van der Waals surface area contributed by atoms with E-state index in [-0.39, 0.29) is 5.70 Å². The second-order valence-electron chi connectivity index (χ2n) is 8.40.